The molecule has 0 N–H and O–H groups in total. The van der Waals surface area contributed by atoms with Gasteiger partial charge in [0.25, 0.3) is 0 Å². The zero-order chi connectivity index (χ0) is 11.0. The summed E-state index contributed by atoms with van der Waals surface area (Å²) < 4.78 is 1.01. The lowest BCUT2D eigenvalue weighted by Gasteiger charge is -1.90. The minimum Gasteiger partial charge on any atom is -0.244 e. The van der Waals surface area contributed by atoms with Gasteiger partial charge in [-0.05, 0) is 6.07 Å². The van der Waals surface area contributed by atoms with Crippen LogP contribution in [0.4, 0.5) is 0 Å². The second-order valence-corrected chi connectivity index (χ2v) is 4.48. The summed E-state index contributed by atoms with van der Waals surface area (Å²) in [6.07, 6.45) is 6.62. The molecule has 0 aliphatic heterocycles. The van der Waals surface area contributed by atoms with Gasteiger partial charge < -0.3 is 0 Å². The van der Waals surface area contributed by atoms with Crippen LogP contribution in [0.3, 0.4) is 0 Å². The van der Waals surface area contributed by atoms with Gasteiger partial charge in [0.1, 0.15) is 16.9 Å². The SMILES string of the molecule is Clc1nccc2sc(-c3cncnc3)nc12. The zero-order valence-corrected chi connectivity index (χ0v) is 9.53. The molecule has 3 rings (SSSR count). The topological polar surface area (TPSA) is 51.6 Å². The van der Waals surface area contributed by atoms with Crippen molar-refractivity contribution in [3.63, 3.8) is 0 Å². The summed E-state index contributed by atoms with van der Waals surface area (Å²) >= 11 is 7.51. The molecule has 0 unspecified atom stereocenters. The first-order valence-electron chi connectivity index (χ1n) is 4.51. The van der Waals surface area contributed by atoms with E-state index in [9.17, 15) is 0 Å². The maximum Gasteiger partial charge on any atom is 0.156 e. The number of thiazole rings is 1. The van der Waals surface area contributed by atoms with Crippen LogP contribution < -0.4 is 0 Å². The average Bonchev–Trinajstić information content (AvgIpc) is 2.76. The quantitative estimate of drug-likeness (QED) is 0.622. The highest BCUT2D eigenvalue weighted by atomic mass is 35.5. The molecule has 0 fully saturated rings. The third-order valence-corrected chi connectivity index (χ3v) is 3.42. The van der Waals surface area contributed by atoms with Gasteiger partial charge in [-0.15, -0.1) is 11.3 Å². The molecule has 0 spiro atoms. The number of halogens is 1. The third kappa shape index (κ3) is 1.54. The molecule has 0 saturated heterocycles. The molecule has 0 aliphatic carbocycles. The minimum absolute atomic E-state index is 0.428. The van der Waals surface area contributed by atoms with E-state index in [0.29, 0.717) is 5.15 Å². The molecule has 0 saturated carbocycles. The molecule has 0 atom stereocenters. The molecule has 0 radical (unpaired) electrons. The molecular formula is C10H5ClN4S. The molecule has 4 nitrogen and oxygen atoms in total. The largest absolute Gasteiger partial charge is 0.244 e. The number of fused-ring (bicyclic) bond motifs is 1. The Hall–Kier alpha value is -1.59. The third-order valence-electron chi connectivity index (χ3n) is 2.07. The molecule has 3 aromatic rings. The van der Waals surface area contributed by atoms with E-state index in [1.54, 1.807) is 29.9 Å². The van der Waals surface area contributed by atoms with Gasteiger partial charge in [-0.1, -0.05) is 11.6 Å². The zero-order valence-electron chi connectivity index (χ0n) is 7.96. The van der Waals surface area contributed by atoms with Crippen molar-refractivity contribution < 1.29 is 0 Å². The van der Waals surface area contributed by atoms with Crippen molar-refractivity contribution in [1.29, 1.82) is 0 Å². The Morgan fingerprint density at radius 1 is 1.19 bits per heavy atom. The van der Waals surface area contributed by atoms with Crippen LogP contribution in [0, 0.1) is 0 Å². The fourth-order valence-corrected chi connectivity index (χ4v) is 2.55. The standard InChI is InChI=1S/C10H5ClN4S/c11-9-8-7(1-2-14-9)16-10(15-8)6-3-12-5-13-4-6/h1-5H. The Morgan fingerprint density at radius 2 is 2.00 bits per heavy atom. The summed E-state index contributed by atoms with van der Waals surface area (Å²) in [7, 11) is 0. The molecular weight excluding hydrogens is 244 g/mol. The fourth-order valence-electron chi connectivity index (χ4n) is 1.36. The van der Waals surface area contributed by atoms with Crippen LogP contribution in [0.15, 0.2) is 31.0 Å². The van der Waals surface area contributed by atoms with Crippen molar-refractivity contribution in [1.82, 2.24) is 19.9 Å². The lowest BCUT2D eigenvalue weighted by Crippen LogP contribution is -1.80. The lowest BCUT2D eigenvalue weighted by molar-refractivity contribution is 1.17. The minimum atomic E-state index is 0.428. The van der Waals surface area contributed by atoms with Gasteiger partial charge >= 0.3 is 0 Å². The maximum atomic E-state index is 5.96. The Morgan fingerprint density at radius 3 is 2.75 bits per heavy atom. The molecule has 0 amide bonds. The molecule has 6 heteroatoms. The van der Waals surface area contributed by atoms with E-state index in [1.165, 1.54) is 6.33 Å². The first kappa shape index (κ1) is 9.62. The maximum absolute atomic E-state index is 5.96. The van der Waals surface area contributed by atoms with Crippen LogP contribution in [0.1, 0.15) is 0 Å². The van der Waals surface area contributed by atoms with E-state index in [4.69, 9.17) is 11.6 Å². The lowest BCUT2D eigenvalue weighted by atomic mass is 10.4. The summed E-state index contributed by atoms with van der Waals surface area (Å²) in [5.41, 5.74) is 1.62. The van der Waals surface area contributed by atoms with E-state index < -0.39 is 0 Å². The number of rotatable bonds is 1. The van der Waals surface area contributed by atoms with E-state index >= 15 is 0 Å². The van der Waals surface area contributed by atoms with Gasteiger partial charge in [0.2, 0.25) is 0 Å². The van der Waals surface area contributed by atoms with Gasteiger partial charge in [0, 0.05) is 24.2 Å². The van der Waals surface area contributed by atoms with E-state index in [0.717, 1.165) is 20.8 Å². The van der Waals surface area contributed by atoms with Crippen molar-refractivity contribution in [3.05, 3.63) is 36.1 Å². The van der Waals surface area contributed by atoms with Gasteiger partial charge in [-0.2, -0.15) is 0 Å². The number of nitrogens with zero attached hydrogens (tertiary/aromatic N) is 4. The van der Waals surface area contributed by atoms with Gasteiger partial charge in [-0.3, -0.25) is 0 Å². The first-order valence-corrected chi connectivity index (χ1v) is 5.70. The molecule has 0 aliphatic rings. The highest BCUT2D eigenvalue weighted by molar-refractivity contribution is 7.21. The molecule has 0 aromatic carbocycles. The number of hydrogen-bond donors (Lipinski definition) is 0. The molecule has 78 valence electrons. The van der Waals surface area contributed by atoms with Crippen molar-refractivity contribution in [3.8, 4) is 10.6 Å². The van der Waals surface area contributed by atoms with Crippen molar-refractivity contribution in [2.75, 3.05) is 0 Å². The normalized spacial score (nSPS) is 10.8. The number of hydrogen-bond acceptors (Lipinski definition) is 5. The Kier molecular flexibility index (Phi) is 2.27. The van der Waals surface area contributed by atoms with Crippen LogP contribution in [0.25, 0.3) is 20.8 Å². The second-order valence-electron chi connectivity index (χ2n) is 3.09. The smallest absolute Gasteiger partial charge is 0.156 e. The molecule has 0 bridgehead atoms. The highest BCUT2D eigenvalue weighted by Crippen LogP contribution is 2.31. The summed E-state index contributed by atoms with van der Waals surface area (Å²) in [6.45, 7) is 0. The Balaban J connectivity index is 2.23. The molecule has 3 heterocycles. The van der Waals surface area contributed by atoms with Crippen LogP contribution in [-0.4, -0.2) is 19.9 Å². The van der Waals surface area contributed by atoms with Gasteiger partial charge in [0.15, 0.2) is 5.15 Å². The summed E-state index contributed by atoms with van der Waals surface area (Å²) in [4.78, 5) is 16.3. The van der Waals surface area contributed by atoms with Crippen LogP contribution in [0.5, 0.6) is 0 Å². The summed E-state index contributed by atoms with van der Waals surface area (Å²) in [5.74, 6) is 0. The molecule has 16 heavy (non-hydrogen) atoms. The van der Waals surface area contributed by atoms with E-state index in [1.807, 2.05) is 6.07 Å². The van der Waals surface area contributed by atoms with Crippen LogP contribution in [0.2, 0.25) is 5.15 Å². The predicted octanol–water partition coefficient (Wildman–Crippen LogP) is 2.80. The van der Waals surface area contributed by atoms with Crippen molar-refractivity contribution in [2.45, 2.75) is 0 Å². The van der Waals surface area contributed by atoms with Gasteiger partial charge in [-0.25, -0.2) is 19.9 Å². The first-order chi connectivity index (χ1) is 7.84. The van der Waals surface area contributed by atoms with Crippen LogP contribution in [-0.2, 0) is 0 Å². The predicted molar refractivity (Wildman–Crippen MR) is 63.5 cm³/mol. The monoisotopic (exact) mass is 248 g/mol. The fraction of sp³-hybridized carbons (Fsp3) is 0. The van der Waals surface area contributed by atoms with E-state index in [2.05, 4.69) is 19.9 Å². The van der Waals surface area contributed by atoms with E-state index in [-0.39, 0.29) is 0 Å². The Labute approximate surface area is 100.0 Å². The van der Waals surface area contributed by atoms with Crippen molar-refractivity contribution >= 4 is 33.2 Å². The van der Waals surface area contributed by atoms with Crippen LogP contribution >= 0.6 is 22.9 Å². The second kappa shape index (κ2) is 3.77. The number of aromatic nitrogens is 4. The Bertz CT molecular complexity index is 638. The van der Waals surface area contributed by atoms with Gasteiger partial charge in [0.05, 0.1) is 4.70 Å². The highest BCUT2D eigenvalue weighted by Gasteiger charge is 2.09. The number of pyridine rings is 1. The van der Waals surface area contributed by atoms with Crippen molar-refractivity contribution in [2.24, 2.45) is 0 Å². The summed E-state index contributed by atoms with van der Waals surface area (Å²) in [5, 5.41) is 1.28. The molecule has 3 aromatic heterocycles. The summed E-state index contributed by atoms with van der Waals surface area (Å²) in [6, 6.07) is 1.90. The average molecular weight is 249 g/mol.